The van der Waals surface area contributed by atoms with Gasteiger partial charge in [-0.3, -0.25) is 9.89 Å². The summed E-state index contributed by atoms with van der Waals surface area (Å²) in [4.78, 5) is 20.1. The molecule has 0 spiro atoms. The molecule has 0 saturated carbocycles. The van der Waals surface area contributed by atoms with Gasteiger partial charge in [-0.15, -0.1) is 0 Å². The molecule has 7 nitrogen and oxygen atoms in total. The van der Waals surface area contributed by atoms with Crippen molar-refractivity contribution in [2.45, 2.75) is 13.8 Å². The number of carbonyl (C=O) groups is 1. The quantitative estimate of drug-likeness (QED) is 0.774. The van der Waals surface area contributed by atoms with E-state index in [1.165, 1.54) is 6.39 Å². The normalized spacial score (nSPS) is 10.7. The largest absolute Gasteiger partial charge is 0.448 e. The fourth-order valence-electron chi connectivity index (χ4n) is 1.95. The maximum Gasteiger partial charge on any atom is 0.277 e. The lowest BCUT2D eigenvalue weighted by molar-refractivity contribution is 0.102. The van der Waals surface area contributed by atoms with Crippen molar-refractivity contribution in [3.8, 4) is 11.4 Å². The van der Waals surface area contributed by atoms with E-state index in [9.17, 15) is 4.79 Å². The van der Waals surface area contributed by atoms with Crippen molar-refractivity contribution in [1.82, 2.24) is 20.2 Å². The summed E-state index contributed by atoms with van der Waals surface area (Å²) >= 11 is 6.23. The van der Waals surface area contributed by atoms with Gasteiger partial charge in [0.05, 0.1) is 5.02 Å². The van der Waals surface area contributed by atoms with Crippen LogP contribution in [0.4, 0.5) is 5.69 Å². The van der Waals surface area contributed by atoms with E-state index in [-0.39, 0.29) is 11.6 Å². The molecule has 2 aromatic heterocycles. The molecule has 0 unspecified atom stereocenters. The first-order chi connectivity index (χ1) is 10.5. The fraction of sp³-hybridized carbons (Fsp3) is 0.143. The molecule has 22 heavy (non-hydrogen) atoms. The van der Waals surface area contributed by atoms with E-state index in [1.54, 1.807) is 32.0 Å². The zero-order valence-electron chi connectivity index (χ0n) is 11.8. The van der Waals surface area contributed by atoms with Crippen LogP contribution < -0.4 is 5.32 Å². The summed E-state index contributed by atoms with van der Waals surface area (Å²) in [6.45, 7) is 3.48. The standard InChI is InChI=1S/C14H12ClN5O2/c1-7-12(16-6-22-7)14(21)18-9-3-4-10(11(15)5-9)13-17-8(2)19-20-13/h3-6H,1-2H3,(H,18,21)(H,17,19,20). The van der Waals surface area contributed by atoms with E-state index >= 15 is 0 Å². The second kappa shape index (κ2) is 5.61. The topological polar surface area (TPSA) is 96.7 Å². The van der Waals surface area contributed by atoms with Gasteiger partial charge in [0, 0.05) is 11.3 Å². The number of H-pyrrole nitrogens is 1. The number of aromatic amines is 1. The molecule has 112 valence electrons. The van der Waals surface area contributed by atoms with E-state index in [0.29, 0.717) is 33.7 Å². The van der Waals surface area contributed by atoms with Gasteiger partial charge in [-0.25, -0.2) is 9.97 Å². The number of hydrogen-bond acceptors (Lipinski definition) is 5. The predicted molar refractivity (Wildman–Crippen MR) is 80.8 cm³/mol. The number of amides is 1. The minimum atomic E-state index is -0.358. The minimum Gasteiger partial charge on any atom is -0.448 e. The molecule has 3 rings (SSSR count). The summed E-state index contributed by atoms with van der Waals surface area (Å²) in [7, 11) is 0. The zero-order chi connectivity index (χ0) is 15.7. The van der Waals surface area contributed by atoms with Crippen LogP contribution in [0.3, 0.4) is 0 Å². The number of nitrogens with zero attached hydrogens (tertiary/aromatic N) is 3. The number of carbonyl (C=O) groups excluding carboxylic acids is 1. The molecule has 0 bridgehead atoms. The predicted octanol–water partition coefficient (Wildman–Crippen LogP) is 2.98. The van der Waals surface area contributed by atoms with Gasteiger partial charge in [0.2, 0.25) is 0 Å². The average molecular weight is 318 g/mol. The minimum absolute atomic E-state index is 0.241. The molecule has 0 fully saturated rings. The van der Waals surface area contributed by atoms with Crippen molar-refractivity contribution in [3.05, 3.63) is 46.9 Å². The number of rotatable bonds is 3. The van der Waals surface area contributed by atoms with Crippen LogP contribution in [0.2, 0.25) is 5.02 Å². The third kappa shape index (κ3) is 2.71. The van der Waals surface area contributed by atoms with Crippen LogP contribution in [0.25, 0.3) is 11.4 Å². The van der Waals surface area contributed by atoms with Gasteiger partial charge >= 0.3 is 0 Å². The molecule has 3 aromatic rings. The van der Waals surface area contributed by atoms with Gasteiger partial charge in [0.1, 0.15) is 11.6 Å². The summed E-state index contributed by atoms with van der Waals surface area (Å²) < 4.78 is 5.01. The number of aromatic nitrogens is 4. The molecular formula is C14H12ClN5O2. The van der Waals surface area contributed by atoms with Crippen molar-refractivity contribution in [2.24, 2.45) is 0 Å². The van der Waals surface area contributed by atoms with Crippen LogP contribution >= 0.6 is 11.6 Å². The van der Waals surface area contributed by atoms with Gasteiger partial charge in [-0.1, -0.05) is 11.6 Å². The lowest BCUT2D eigenvalue weighted by Crippen LogP contribution is -2.13. The highest BCUT2D eigenvalue weighted by Crippen LogP contribution is 2.28. The van der Waals surface area contributed by atoms with Crippen molar-refractivity contribution >= 4 is 23.2 Å². The second-order valence-corrected chi connectivity index (χ2v) is 5.06. The first kappa shape index (κ1) is 14.3. The van der Waals surface area contributed by atoms with Gasteiger partial charge in [-0.05, 0) is 32.0 Å². The molecular weight excluding hydrogens is 306 g/mol. The summed E-state index contributed by atoms with van der Waals surface area (Å²) in [5, 5.41) is 9.97. The Morgan fingerprint density at radius 2 is 2.18 bits per heavy atom. The third-order valence-electron chi connectivity index (χ3n) is 3.02. The lowest BCUT2D eigenvalue weighted by atomic mass is 10.2. The SMILES string of the molecule is Cc1nc(-c2ccc(NC(=O)c3ncoc3C)cc2Cl)n[nH]1. The summed E-state index contributed by atoms with van der Waals surface area (Å²) in [5.41, 5.74) is 1.47. The van der Waals surface area contributed by atoms with Gasteiger partial charge in [-0.2, -0.15) is 5.10 Å². The van der Waals surface area contributed by atoms with Crippen LogP contribution in [-0.4, -0.2) is 26.1 Å². The molecule has 0 atom stereocenters. The first-order valence-electron chi connectivity index (χ1n) is 6.45. The van der Waals surface area contributed by atoms with E-state index < -0.39 is 0 Å². The number of anilines is 1. The number of nitrogens with one attached hydrogen (secondary N) is 2. The van der Waals surface area contributed by atoms with E-state index in [1.807, 2.05) is 0 Å². The molecule has 1 amide bonds. The monoisotopic (exact) mass is 317 g/mol. The summed E-state index contributed by atoms with van der Waals surface area (Å²) in [6.07, 6.45) is 1.23. The number of aryl methyl sites for hydroxylation is 2. The lowest BCUT2D eigenvalue weighted by Gasteiger charge is -2.06. The summed E-state index contributed by atoms with van der Waals surface area (Å²) in [6, 6.07) is 5.10. The van der Waals surface area contributed by atoms with Crippen molar-refractivity contribution in [1.29, 1.82) is 0 Å². The zero-order valence-corrected chi connectivity index (χ0v) is 12.6. The third-order valence-corrected chi connectivity index (χ3v) is 3.34. The Balaban J connectivity index is 1.83. The van der Waals surface area contributed by atoms with Crippen molar-refractivity contribution < 1.29 is 9.21 Å². The van der Waals surface area contributed by atoms with Crippen LogP contribution in [-0.2, 0) is 0 Å². The molecule has 0 aliphatic heterocycles. The number of oxazole rings is 1. The van der Waals surface area contributed by atoms with Crippen molar-refractivity contribution in [2.75, 3.05) is 5.32 Å². The Morgan fingerprint density at radius 1 is 1.36 bits per heavy atom. The van der Waals surface area contributed by atoms with Gasteiger partial charge in [0.15, 0.2) is 17.9 Å². The highest BCUT2D eigenvalue weighted by Gasteiger charge is 2.15. The molecule has 0 aliphatic rings. The molecule has 1 aromatic carbocycles. The molecule has 0 aliphatic carbocycles. The molecule has 2 N–H and O–H groups in total. The molecule has 2 heterocycles. The van der Waals surface area contributed by atoms with Gasteiger partial charge < -0.3 is 9.73 Å². The summed E-state index contributed by atoms with van der Waals surface area (Å²) in [5.74, 6) is 1.30. The number of halogens is 1. The molecule has 8 heteroatoms. The van der Waals surface area contributed by atoms with Crippen LogP contribution in [0, 0.1) is 13.8 Å². The Kier molecular flexibility index (Phi) is 3.64. The number of hydrogen-bond donors (Lipinski definition) is 2. The maximum atomic E-state index is 12.1. The van der Waals surface area contributed by atoms with Crippen molar-refractivity contribution in [3.63, 3.8) is 0 Å². The average Bonchev–Trinajstić information content (AvgIpc) is 3.07. The second-order valence-electron chi connectivity index (χ2n) is 4.65. The van der Waals surface area contributed by atoms with E-state index in [4.69, 9.17) is 16.0 Å². The van der Waals surface area contributed by atoms with Crippen LogP contribution in [0.5, 0.6) is 0 Å². The Labute approximate surface area is 130 Å². The smallest absolute Gasteiger partial charge is 0.277 e. The highest BCUT2D eigenvalue weighted by molar-refractivity contribution is 6.33. The Hall–Kier alpha value is -2.67. The van der Waals surface area contributed by atoms with Gasteiger partial charge in [0.25, 0.3) is 5.91 Å². The maximum absolute atomic E-state index is 12.1. The highest BCUT2D eigenvalue weighted by atomic mass is 35.5. The van der Waals surface area contributed by atoms with Crippen LogP contribution in [0.15, 0.2) is 29.0 Å². The first-order valence-corrected chi connectivity index (χ1v) is 6.83. The Bertz CT molecular complexity index is 839. The fourth-order valence-corrected chi connectivity index (χ4v) is 2.22. The van der Waals surface area contributed by atoms with Crippen LogP contribution in [0.1, 0.15) is 22.1 Å². The van der Waals surface area contributed by atoms with E-state index in [0.717, 1.165) is 0 Å². The Morgan fingerprint density at radius 3 is 2.77 bits per heavy atom. The number of benzene rings is 1. The molecule has 0 radical (unpaired) electrons. The molecule has 0 saturated heterocycles. The van der Waals surface area contributed by atoms with E-state index in [2.05, 4.69) is 25.5 Å².